The Morgan fingerprint density at radius 3 is 2.60 bits per heavy atom. The van der Waals surface area contributed by atoms with E-state index in [0.29, 0.717) is 0 Å². The first kappa shape index (κ1) is 10.3. The lowest BCUT2D eigenvalue weighted by Gasteiger charge is -2.03. The number of hydrogen-bond donors (Lipinski definition) is 0. The molecule has 0 aliphatic heterocycles. The molecular weight excluding hydrogens is 252 g/mol. The highest BCUT2D eigenvalue weighted by molar-refractivity contribution is 9.10. The summed E-state index contributed by atoms with van der Waals surface area (Å²) in [7, 11) is 0. The van der Waals surface area contributed by atoms with E-state index in [9.17, 15) is 0 Å². The third-order valence-corrected chi connectivity index (χ3v) is 2.85. The SMILES string of the molecule is CCc1nc(-c2ccccc2)ncc1Br. The standard InChI is InChI=1S/C12H11BrN2/c1-2-11-10(13)8-14-12(15-11)9-6-4-3-5-7-9/h3-8H,2H2,1H3. The summed E-state index contributed by atoms with van der Waals surface area (Å²) in [6, 6.07) is 10.0. The van der Waals surface area contributed by atoms with Gasteiger partial charge in [-0.05, 0) is 22.4 Å². The third-order valence-electron chi connectivity index (χ3n) is 2.18. The van der Waals surface area contributed by atoms with Gasteiger partial charge >= 0.3 is 0 Å². The summed E-state index contributed by atoms with van der Waals surface area (Å²) in [4.78, 5) is 8.80. The van der Waals surface area contributed by atoms with Crippen molar-refractivity contribution in [2.75, 3.05) is 0 Å². The van der Waals surface area contributed by atoms with E-state index in [4.69, 9.17) is 0 Å². The Morgan fingerprint density at radius 2 is 1.93 bits per heavy atom. The molecule has 1 heterocycles. The fourth-order valence-electron chi connectivity index (χ4n) is 1.38. The van der Waals surface area contributed by atoms with Crippen LogP contribution in [-0.4, -0.2) is 9.97 Å². The summed E-state index contributed by atoms with van der Waals surface area (Å²) in [5.41, 5.74) is 2.10. The molecule has 0 saturated carbocycles. The van der Waals surface area contributed by atoms with Gasteiger partial charge in [0, 0.05) is 11.8 Å². The summed E-state index contributed by atoms with van der Waals surface area (Å²) in [5.74, 6) is 0.788. The van der Waals surface area contributed by atoms with E-state index < -0.39 is 0 Å². The van der Waals surface area contributed by atoms with Gasteiger partial charge in [0.25, 0.3) is 0 Å². The molecule has 0 radical (unpaired) electrons. The number of benzene rings is 1. The predicted molar refractivity (Wildman–Crippen MR) is 64.5 cm³/mol. The van der Waals surface area contributed by atoms with E-state index in [1.54, 1.807) is 0 Å². The molecule has 0 bridgehead atoms. The second-order valence-electron chi connectivity index (χ2n) is 3.21. The summed E-state index contributed by atoms with van der Waals surface area (Å²) in [6.07, 6.45) is 2.72. The Labute approximate surface area is 97.5 Å². The molecule has 1 aromatic carbocycles. The van der Waals surface area contributed by atoms with Crippen molar-refractivity contribution in [3.05, 3.63) is 46.7 Å². The van der Waals surface area contributed by atoms with Crippen molar-refractivity contribution in [2.24, 2.45) is 0 Å². The van der Waals surface area contributed by atoms with Crippen molar-refractivity contribution in [3.8, 4) is 11.4 Å². The van der Waals surface area contributed by atoms with Crippen LogP contribution in [0.4, 0.5) is 0 Å². The minimum absolute atomic E-state index is 0.788. The molecule has 76 valence electrons. The van der Waals surface area contributed by atoms with Crippen molar-refractivity contribution in [1.82, 2.24) is 9.97 Å². The molecule has 2 aromatic rings. The Kier molecular flexibility index (Phi) is 3.11. The molecule has 0 spiro atoms. The van der Waals surface area contributed by atoms with Gasteiger partial charge in [-0.1, -0.05) is 37.3 Å². The molecule has 0 saturated heterocycles. The monoisotopic (exact) mass is 262 g/mol. The summed E-state index contributed by atoms with van der Waals surface area (Å²) >= 11 is 3.44. The van der Waals surface area contributed by atoms with Crippen molar-refractivity contribution < 1.29 is 0 Å². The van der Waals surface area contributed by atoms with Gasteiger partial charge in [0.2, 0.25) is 0 Å². The Balaban J connectivity index is 2.46. The Morgan fingerprint density at radius 1 is 1.20 bits per heavy atom. The fourth-order valence-corrected chi connectivity index (χ4v) is 1.85. The molecule has 2 nitrogen and oxygen atoms in total. The second-order valence-corrected chi connectivity index (χ2v) is 4.06. The van der Waals surface area contributed by atoms with Crippen molar-refractivity contribution in [2.45, 2.75) is 13.3 Å². The second kappa shape index (κ2) is 4.53. The van der Waals surface area contributed by atoms with E-state index in [0.717, 1.165) is 28.0 Å². The highest BCUT2D eigenvalue weighted by Crippen LogP contribution is 2.19. The number of aryl methyl sites for hydroxylation is 1. The molecule has 15 heavy (non-hydrogen) atoms. The van der Waals surface area contributed by atoms with Crippen molar-refractivity contribution in [3.63, 3.8) is 0 Å². The summed E-state index contributed by atoms with van der Waals surface area (Å²) in [5, 5.41) is 0. The van der Waals surface area contributed by atoms with Crippen LogP contribution in [0.5, 0.6) is 0 Å². The van der Waals surface area contributed by atoms with E-state index in [-0.39, 0.29) is 0 Å². The number of nitrogens with zero attached hydrogens (tertiary/aromatic N) is 2. The Bertz CT molecular complexity index is 454. The normalized spacial score (nSPS) is 10.3. The molecule has 0 unspecified atom stereocenters. The zero-order valence-electron chi connectivity index (χ0n) is 8.44. The van der Waals surface area contributed by atoms with Gasteiger partial charge < -0.3 is 0 Å². The largest absolute Gasteiger partial charge is 0.235 e. The molecule has 0 aliphatic carbocycles. The number of aromatic nitrogens is 2. The minimum atomic E-state index is 0.788. The van der Waals surface area contributed by atoms with Gasteiger partial charge in [0.05, 0.1) is 10.2 Å². The van der Waals surface area contributed by atoms with Crippen molar-refractivity contribution in [1.29, 1.82) is 0 Å². The summed E-state index contributed by atoms with van der Waals surface area (Å²) < 4.78 is 0.977. The maximum absolute atomic E-state index is 4.50. The van der Waals surface area contributed by atoms with Crippen LogP contribution in [0.25, 0.3) is 11.4 Å². The first-order valence-electron chi connectivity index (χ1n) is 4.88. The zero-order valence-corrected chi connectivity index (χ0v) is 10.0. The van der Waals surface area contributed by atoms with Gasteiger partial charge in [0.1, 0.15) is 0 Å². The van der Waals surface area contributed by atoms with Gasteiger partial charge in [-0.2, -0.15) is 0 Å². The molecular formula is C12H11BrN2. The fraction of sp³-hybridized carbons (Fsp3) is 0.167. The van der Waals surface area contributed by atoms with Crippen LogP contribution in [0.1, 0.15) is 12.6 Å². The average molecular weight is 263 g/mol. The Hall–Kier alpha value is -1.22. The van der Waals surface area contributed by atoms with Gasteiger partial charge in [-0.3, -0.25) is 0 Å². The van der Waals surface area contributed by atoms with Gasteiger partial charge in [-0.15, -0.1) is 0 Å². The highest BCUT2D eigenvalue weighted by Gasteiger charge is 2.04. The molecule has 0 amide bonds. The molecule has 1 aromatic heterocycles. The zero-order chi connectivity index (χ0) is 10.7. The first-order chi connectivity index (χ1) is 7.31. The maximum atomic E-state index is 4.50. The van der Waals surface area contributed by atoms with Crippen LogP contribution in [0.3, 0.4) is 0 Å². The molecule has 0 aliphatic rings. The topological polar surface area (TPSA) is 25.8 Å². The number of rotatable bonds is 2. The molecule has 0 fully saturated rings. The van der Waals surface area contributed by atoms with Crippen LogP contribution < -0.4 is 0 Å². The van der Waals surface area contributed by atoms with Crippen LogP contribution >= 0.6 is 15.9 Å². The third kappa shape index (κ3) is 2.23. The highest BCUT2D eigenvalue weighted by atomic mass is 79.9. The lowest BCUT2D eigenvalue weighted by molar-refractivity contribution is 0.990. The molecule has 2 rings (SSSR count). The molecule has 3 heteroatoms. The number of hydrogen-bond acceptors (Lipinski definition) is 2. The van der Waals surface area contributed by atoms with Crippen LogP contribution in [0.2, 0.25) is 0 Å². The van der Waals surface area contributed by atoms with Gasteiger partial charge in [0.15, 0.2) is 5.82 Å². The lowest BCUT2D eigenvalue weighted by Crippen LogP contribution is -1.95. The number of halogens is 1. The van der Waals surface area contributed by atoms with Crippen LogP contribution in [-0.2, 0) is 6.42 Å². The molecule has 0 atom stereocenters. The van der Waals surface area contributed by atoms with E-state index in [2.05, 4.69) is 32.8 Å². The van der Waals surface area contributed by atoms with E-state index >= 15 is 0 Å². The van der Waals surface area contributed by atoms with Crippen LogP contribution in [0.15, 0.2) is 41.0 Å². The van der Waals surface area contributed by atoms with Crippen LogP contribution in [0, 0.1) is 0 Å². The summed E-state index contributed by atoms with van der Waals surface area (Å²) in [6.45, 7) is 2.09. The molecule has 0 N–H and O–H groups in total. The van der Waals surface area contributed by atoms with E-state index in [1.807, 2.05) is 36.5 Å². The minimum Gasteiger partial charge on any atom is -0.235 e. The van der Waals surface area contributed by atoms with Gasteiger partial charge in [-0.25, -0.2) is 9.97 Å². The lowest BCUT2D eigenvalue weighted by atomic mass is 10.2. The quantitative estimate of drug-likeness (QED) is 0.829. The average Bonchev–Trinajstić information content (AvgIpc) is 2.31. The first-order valence-corrected chi connectivity index (χ1v) is 5.67. The smallest absolute Gasteiger partial charge is 0.159 e. The maximum Gasteiger partial charge on any atom is 0.159 e. The van der Waals surface area contributed by atoms with E-state index in [1.165, 1.54) is 0 Å². The predicted octanol–water partition coefficient (Wildman–Crippen LogP) is 3.47. The van der Waals surface area contributed by atoms with Crippen molar-refractivity contribution >= 4 is 15.9 Å².